The molecule has 0 radical (unpaired) electrons. The molecule has 3 rings (SSSR count). The number of carbonyl (C=O) groups excluding carboxylic acids is 1. The summed E-state index contributed by atoms with van der Waals surface area (Å²) >= 11 is 7.18. The molecule has 0 unspecified atom stereocenters. The summed E-state index contributed by atoms with van der Waals surface area (Å²) in [6.45, 7) is 0. The van der Waals surface area contributed by atoms with Crippen LogP contribution >= 0.6 is 23.4 Å². The maximum Gasteiger partial charge on any atom is 0.234 e. The van der Waals surface area contributed by atoms with Gasteiger partial charge in [-0.1, -0.05) is 23.4 Å². The number of anilines is 1. The summed E-state index contributed by atoms with van der Waals surface area (Å²) in [5.74, 6) is -0.470. The zero-order valence-electron chi connectivity index (χ0n) is 10.9. The molecule has 0 bridgehead atoms. The van der Waals surface area contributed by atoms with Crippen LogP contribution in [0.1, 0.15) is 18.9 Å². The minimum Gasteiger partial charge on any atom is -0.324 e. The standard InChI is InChI=1S/C13H12ClFN4OS/c14-10-5-8(15)1-4-11(10)17-12(20)6-21-13-18-16-7-19(13)9-2-3-9/h1,4-5,7,9H,2-3,6H2,(H,17,20). The highest BCUT2D eigenvalue weighted by atomic mass is 35.5. The first kappa shape index (κ1) is 14.3. The van der Waals surface area contributed by atoms with Gasteiger partial charge in [0.05, 0.1) is 16.5 Å². The first-order valence-electron chi connectivity index (χ1n) is 6.40. The van der Waals surface area contributed by atoms with Gasteiger partial charge in [-0.2, -0.15) is 0 Å². The first-order chi connectivity index (χ1) is 10.1. The normalized spacial score (nSPS) is 14.2. The zero-order valence-corrected chi connectivity index (χ0v) is 12.5. The summed E-state index contributed by atoms with van der Waals surface area (Å²) < 4.78 is 14.9. The highest BCUT2D eigenvalue weighted by Gasteiger charge is 2.26. The zero-order chi connectivity index (χ0) is 14.8. The highest BCUT2D eigenvalue weighted by molar-refractivity contribution is 7.99. The van der Waals surface area contributed by atoms with Crippen LogP contribution in [-0.2, 0) is 4.79 Å². The number of hydrogen-bond acceptors (Lipinski definition) is 4. The summed E-state index contributed by atoms with van der Waals surface area (Å²) in [7, 11) is 0. The van der Waals surface area contributed by atoms with Gasteiger partial charge in [0.15, 0.2) is 5.16 Å². The molecule has 2 aromatic rings. The lowest BCUT2D eigenvalue weighted by atomic mass is 10.3. The predicted octanol–water partition coefficient (Wildman–Crippen LogP) is 3.14. The maximum atomic E-state index is 12.9. The van der Waals surface area contributed by atoms with Crippen molar-refractivity contribution in [3.8, 4) is 0 Å². The fourth-order valence-electron chi connectivity index (χ4n) is 1.85. The molecule has 1 saturated carbocycles. The van der Waals surface area contributed by atoms with Gasteiger partial charge >= 0.3 is 0 Å². The molecule has 0 aliphatic heterocycles. The number of benzene rings is 1. The van der Waals surface area contributed by atoms with Crippen molar-refractivity contribution in [2.45, 2.75) is 24.0 Å². The van der Waals surface area contributed by atoms with E-state index in [1.807, 2.05) is 4.57 Å². The number of nitrogens with one attached hydrogen (secondary N) is 1. The molecule has 1 amide bonds. The van der Waals surface area contributed by atoms with E-state index in [-0.39, 0.29) is 16.7 Å². The first-order valence-corrected chi connectivity index (χ1v) is 7.77. The van der Waals surface area contributed by atoms with Crippen LogP contribution in [0.3, 0.4) is 0 Å². The molecule has 1 aromatic heterocycles. The summed E-state index contributed by atoms with van der Waals surface area (Å²) in [5, 5.41) is 11.4. The van der Waals surface area contributed by atoms with Crippen LogP contribution in [0, 0.1) is 5.82 Å². The molecule has 5 nitrogen and oxygen atoms in total. The van der Waals surface area contributed by atoms with Crippen molar-refractivity contribution in [3.05, 3.63) is 35.4 Å². The third kappa shape index (κ3) is 3.54. The molecule has 1 aliphatic rings. The van der Waals surface area contributed by atoms with Crippen LogP contribution in [-0.4, -0.2) is 26.4 Å². The number of carbonyl (C=O) groups is 1. The van der Waals surface area contributed by atoms with Crippen LogP contribution in [0.15, 0.2) is 29.7 Å². The van der Waals surface area contributed by atoms with Gasteiger partial charge in [-0.05, 0) is 31.0 Å². The Bertz CT molecular complexity index is 674. The Kier molecular flexibility index (Phi) is 4.12. The van der Waals surface area contributed by atoms with E-state index >= 15 is 0 Å². The second kappa shape index (κ2) is 6.03. The molecule has 1 heterocycles. The van der Waals surface area contributed by atoms with Crippen LogP contribution < -0.4 is 5.32 Å². The van der Waals surface area contributed by atoms with Gasteiger partial charge in [-0.3, -0.25) is 4.79 Å². The second-order valence-corrected chi connectivity index (χ2v) is 6.06. The third-order valence-corrected chi connectivity index (χ3v) is 4.29. The number of halogens is 2. The molecule has 1 aliphatic carbocycles. The topological polar surface area (TPSA) is 59.8 Å². The fourth-order valence-corrected chi connectivity index (χ4v) is 2.84. The molecule has 21 heavy (non-hydrogen) atoms. The van der Waals surface area contributed by atoms with E-state index in [0.29, 0.717) is 11.7 Å². The Morgan fingerprint density at radius 2 is 2.33 bits per heavy atom. The Morgan fingerprint density at radius 1 is 1.52 bits per heavy atom. The van der Waals surface area contributed by atoms with Crippen molar-refractivity contribution in [3.63, 3.8) is 0 Å². The molecule has 8 heteroatoms. The lowest BCUT2D eigenvalue weighted by Crippen LogP contribution is -2.15. The van der Waals surface area contributed by atoms with E-state index in [9.17, 15) is 9.18 Å². The van der Waals surface area contributed by atoms with Gasteiger partial charge in [0.2, 0.25) is 5.91 Å². The van der Waals surface area contributed by atoms with E-state index in [1.165, 1.54) is 23.9 Å². The van der Waals surface area contributed by atoms with Crippen molar-refractivity contribution in [2.75, 3.05) is 11.1 Å². The van der Waals surface area contributed by atoms with E-state index < -0.39 is 5.82 Å². The Labute approximate surface area is 129 Å². The van der Waals surface area contributed by atoms with Gasteiger partial charge < -0.3 is 9.88 Å². The summed E-state index contributed by atoms with van der Waals surface area (Å²) in [6, 6.07) is 4.32. The summed E-state index contributed by atoms with van der Waals surface area (Å²) in [4.78, 5) is 11.9. The van der Waals surface area contributed by atoms with E-state index in [4.69, 9.17) is 11.6 Å². The minimum atomic E-state index is -0.440. The van der Waals surface area contributed by atoms with Crippen LogP contribution in [0.2, 0.25) is 5.02 Å². The summed E-state index contributed by atoms with van der Waals surface area (Å²) in [5.41, 5.74) is 0.396. The van der Waals surface area contributed by atoms with Crippen molar-refractivity contribution in [1.29, 1.82) is 0 Å². The van der Waals surface area contributed by atoms with Crippen LogP contribution in [0.4, 0.5) is 10.1 Å². The molecule has 0 atom stereocenters. The number of nitrogens with zero attached hydrogens (tertiary/aromatic N) is 3. The average Bonchev–Trinajstić information content (AvgIpc) is 3.18. The number of thioether (sulfide) groups is 1. The van der Waals surface area contributed by atoms with Gasteiger partial charge in [-0.25, -0.2) is 4.39 Å². The molecular formula is C13H12ClFN4OS. The maximum absolute atomic E-state index is 12.9. The van der Waals surface area contributed by atoms with Crippen LogP contribution in [0.5, 0.6) is 0 Å². The minimum absolute atomic E-state index is 0.175. The lowest BCUT2D eigenvalue weighted by molar-refractivity contribution is -0.113. The lowest BCUT2D eigenvalue weighted by Gasteiger charge is -2.07. The van der Waals surface area contributed by atoms with Gasteiger partial charge in [0.25, 0.3) is 0 Å². The van der Waals surface area contributed by atoms with Crippen molar-refractivity contribution in [1.82, 2.24) is 14.8 Å². The second-order valence-electron chi connectivity index (χ2n) is 4.71. The van der Waals surface area contributed by atoms with Crippen molar-refractivity contribution >= 4 is 35.0 Å². The van der Waals surface area contributed by atoms with Crippen molar-refractivity contribution < 1.29 is 9.18 Å². The molecule has 1 fully saturated rings. The largest absolute Gasteiger partial charge is 0.324 e. The fraction of sp³-hybridized carbons (Fsp3) is 0.308. The Balaban J connectivity index is 1.57. The molecule has 1 aromatic carbocycles. The smallest absolute Gasteiger partial charge is 0.234 e. The van der Waals surface area contributed by atoms with Gasteiger partial charge in [-0.15, -0.1) is 10.2 Å². The van der Waals surface area contributed by atoms with Gasteiger partial charge in [0, 0.05) is 6.04 Å². The molecular weight excluding hydrogens is 315 g/mol. The predicted molar refractivity (Wildman–Crippen MR) is 79.1 cm³/mol. The Hall–Kier alpha value is -1.60. The number of amides is 1. The Morgan fingerprint density at radius 3 is 3.05 bits per heavy atom. The average molecular weight is 327 g/mol. The number of hydrogen-bond donors (Lipinski definition) is 1. The van der Waals surface area contributed by atoms with Crippen molar-refractivity contribution in [2.24, 2.45) is 0 Å². The molecule has 0 saturated heterocycles. The third-order valence-electron chi connectivity index (χ3n) is 3.02. The van der Waals surface area contributed by atoms with E-state index in [2.05, 4.69) is 15.5 Å². The van der Waals surface area contributed by atoms with E-state index in [1.54, 1.807) is 6.33 Å². The van der Waals surface area contributed by atoms with E-state index in [0.717, 1.165) is 24.1 Å². The monoisotopic (exact) mass is 326 g/mol. The molecule has 0 spiro atoms. The highest BCUT2D eigenvalue weighted by Crippen LogP contribution is 2.37. The van der Waals surface area contributed by atoms with Gasteiger partial charge in [0.1, 0.15) is 12.1 Å². The number of rotatable bonds is 5. The SMILES string of the molecule is O=C(CSc1nncn1C1CC1)Nc1ccc(F)cc1Cl. The summed E-state index contributed by atoms with van der Waals surface area (Å²) in [6.07, 6.45) is 3.95. The molecule has 110 valence electrons. The quantitative estimate of drug-likeness (QED) is 0.858. The molecule has 1 N–H and O–H groups in total. The van der Waals surface area contributed by atoms with Crippen LogP contribution in [0.25, 0.3) is 0 Å². The number of aromatic nitrogens is 3.